The van der Waals surface area contributed by atoms with Crippen molar-refractivity contribution in [3.05, 3.63) is 48.6 Å². The summed E-state index contributed by atoms with van der Waals surface area (Å²) >= 11 is 0. The van der Waals surface area contributed by atoms with Crippen LogP contribution in [0.5, 0.6) is 0 Å². The predicted molar refractivity (Wildman–Crippen MR) is 66.7 cm³/mol. The zero-order chi connectivity index (χ0) is 11.7. The summed E-state index contributed by atoms with van der Waals surface area (Å²) in [5.74, 6) is 0.143. The average molecular weight is 204 g/mol. The van der Waals surface area contributed by atoms with Gasteiger partial charge in [0.25, 0.3) is 0 Å². The summed E-state index contributed by atoms with van der Waals surface area (Å²) in [6, 6.07) is 0. The SMILES string of the molecule is C/C=C/C=C\C=C\C=C\C(=O)C(C)(C)C. The summed E-state index contributed by atoms with van der Waals surface area (Å²) in [6.45, 7) is 7.70. The van der Waals surface area contributed by atoms with E-state index in [1.165, 1.54) is 0 Å². The zero-order valence-corrected chi connectivity index (χ0v) is 10.0. The molecule has 0 fully saturated rings. The Balaban J connectivity index is 4.06. The predicted octanol–water partition coefficient (Wildman–Crippen LogP) is 3.85. The van der Waals surface area contributed by atoms with Gasteiger partial charge in [-0.3, -0.25) is 4.79 Å². The molecule has 15 heavy (non-hydrogen) atoms. The number of hydrogen-bond donors (Lipinski definition) is 0. The van der Waals surface area contributed by atoms with Crippen LogP contribution in [0.3, 0.4) is 0 Å². The molecule has 0 N–H and O–H groups in total. The van der Waals surface area contributed by atoms with Crippen LogP contribution in [0.2, 0.25) is 0 Å². The first-order chi connectivity index (χ1) is 6.98. The van der Waals surface area contributed by atoms with Gasteiger partial charge in [-0.05, 0) is 13.0 Å². The number of rotatable bonds is 4. The molecule has 0 aromatic carbocycles. The van der Waals surface area contributed by atoms with Crippen LogP contribution in [0.25, 0.3) is 0 Å². The summed E-state index contributed by atoms with van der Waals surface area (Å²) in [5.41, 5.74) is -0.287. The number of ketones is 1. The molecule has 1 heteroatoms. The van der Waals surface area contributed by atoms with Crippen LogP contribution >= 0.6 is 0 Å². The fourth-order valence-corrected chi connectivity index (χ4v) is 0.761. The lowest BCUT2D eigenvalue weighted by Gasteiger charge is -2.12. The molecule has 0 saturated carbocycles. The Hall–Kier alpha value is -1.37. The smallest absolute Gasteiger partial charge is 0.160 e. The van der Waals surface area contributed by atoms with Crippen molar-refractivity contribution in [3.63, 3.8) is 0 Å². The van der Waals surface area contributed by atoms with Crippen molar-refractivity contribution >= 4 is 5.78 Å². The molecule has 1 nitrogen and oxygen atoms in total. The number of carbonyl (C=O) groups is 1. The second-order valence-electron chi connectivity index (χ2n) is 4.27. The van der Waals surface area contributed by atoms with E-state index < -0.39 is 0 Å². The summed E-state index contributed by atoms with van der Waals surface area (Å²) < 4.78 is 0. The van der Waals surface area contributed by atoms with E-state index in [4.69, 9.17) is 0 Å². The summed E-state index contributed by atoms with van der Waals surface area (Å²) in [7, 11) is 0. The van der Waals surface area contributed by atoms with E-state index >= 15 is 0 Å². The third-order valence-corrected chi connectivity index (χ3v) is 1.73. The highest BCUT2D eigenvalue weighted by atomic mass is 16.1. The monoisotopic (exact) mass is 204 g/mol. The van der Waals surface area contributed by atoms with Gasteiger partial charge in [-0.2, -0.15) is 0 Å². The fraction of sp³-hybridized carbons (Fsp3) is 0.357. The first-order valence-electron chi connectivity index (χ1n) is 5.15. The Labute approximate surface area is 92.9 Å². The van der Waals surface area contributed by atoms with Crippen molar-refractivity contribution in [1.82, 2.24) is 0 Å². The molecule has 0 heterocycles. The molecule has 0 aliphatic carbocycles. The standard InChI is InChI=1S/C14H20O/c1-5-6-7-8-9-10-11-12-13(15)14(2,3)4/h5-12H,1-4H3/b6-5+,8-7-,10-9+,12-11+. The molecule has 0 amide bonds. The molecule has 0 aromatic rings. The van der Waals surface area contributed by atoms with Gasteiger partial charge in [0.15, 0.2) is 5.78 Å². The van der Waals surface area contributed by atoms with E-state index in [-0.39, 0.29) is 11.2 Å². The van der Waals surface area contributed by atoms with Crippen LogP contribution in [0.4, 0.5) is 0 Å². The van der Waals surface area contributed by atoms with Crippen LogP contribution in [0.1, 0.15) is 27.7 Å². The van der Waals surface area contributed by atoms with Crippen molar-refractivity contribution < 1.29 is 4.79 Å². The average Bonchev–Trinajstić information content (AvgIpc) is 2.14. The molecule has 0 rings (SSSR count). The lowest BCUT2D eigenvalue weighted by molar-refractivity contribution is -0.121. The lowest BCUT2D eigenvalue weighted by atomic mass is 9.91. The lowest BCUT2D eigenvalue weighted by Crippen LogP contribution is -2.17. The highest BCUT2D eigenvalue weighted by molar-refractivity contribution is 5.94. The van der Waals surface area contributed by atoms with E-state index in [1.807, 2.05) is 64.2 Å². The van der Waals surface area contributed by atoms with Gasteiger partial charge in [0.05, 0.1) is 0 Å². The maximum Gasteiger partial charge on any atom is 0.160 e. The Morgan fingerprint density at radius 2 is 1.33 bits per heavy atom. The van der Waals surface area contributed by atoms with Crippen LogP contribution in [-0.4, -0.2) is 5.78 Å². The fourth-order valence-electron chi connectivity index (χ4n) is 0.761. The normalized spacial score (nSPS) is 13.9. The number of carbonyl (C=O) groups excluding carboxylic acids is 1. The number of hydrogen-bond acceptors (Lipinski definition) is 1. The molecule has 82 valence electrons. The van der Waals surface area contributed by atoms with Gasteiger partial charge in [0, 0.05) is 5.41 Å². The van der Waals surface area contributed by atoms with Gasteiger partial charge >= 0.3 is 0 Å². The summed E-state index contributed by atoms with van der Waals surface area (Å²) in [6.07, 6.45) is 14.9. The Bertz CT molecular complexity index is 296. The number of allylic oxidation sites excluding steroid dienone is 8. The van der Waals surface area contributed by atoms with Crippen molar-refractivity contribution in [1.29, 1.82) is 0 Å². The van der Waals surface area contributed by atoms with Crippen LogP contribution in [-0.2, 0) is 4.79 Å². The summed E-state index contributed by atoms with van der Waals surface area (Å²) in [5, 5.41) is 0. The van der Waals surface area contributed by atoms with Gasteiger partial charge in [-0.25, -0.2) is 0 Å². The van der Waals surface area contributed by atoms with Gasteiger partial charge < -0.3 is 0 Å². The van der Waals surface area contributed by atoms with E-state index in [2.05, 4.69) is 0 Å². The highest BCUT2D eigenvalue weighted by Crippen LogP contribution is 2.14. The Morgan fingerprint density at radius 1 is 0.867 bits per heavy atom. The van der Waals surface area contributed by atoms with Crippen LogP contribution in [0, 0.1) is 5.41 Å². The molecular formula is C14H20O. The van der Waals surface area contributed by atoms with E-state index in [0.717, 1.165) is 0 Å². The van der Waals surface area contributed by atoms with Crippen molar-refractivity contribution in [2.75, 3.05) is 0 Å². The first kappa shape index (κ1) is 13.6. The largest absolute Gasteiger partial charge is 0.294 e. The molecule has 0 unspecified atom stereocenters. The van der Waals surface area contributed by atoms with E-state index in [0.29, 0.717) is 0 Å². The second-order valence-corrected chi connectivity index (χ2v) is 4.27. The minimum absolute atomic E-state index is 0.143. The quantitative estimate of drug-likeness (QED) is 0.502. The van der Waals surface area contributed by atoms with Gasteiger partial charge in [-0.1, -0.05) is 63.3 Å². The molecule has 0 aliphatic heterocycles. The van der Waals surface area contributed by atoms with Crippen molar-refractivity contribution in [3.8, 4) is 0 Å². The maximum atomic E-state index is 11.4. The molecule has 0 atom stereocenters. The molecule has 0 radical (unpaired) electrons. The third kappa shape index (κ3) is 7.68. The van der Waals surface area contributed by atoms with Gasteiger partial charge in [-0.15, -0.1) is 0 Å². The van der Waals surface area contributed by atoms with Crippen molar-refractivity contribution in [2.45, 2.75) is 27.7 Å². The van der Waals surface area contributed by atoms with Crippen LogP contribution in [0.15, 0.2) is 48.6 Å². The molecule has 0 spiro atoms. The molecule has 0 aliphatic rings. The minimum Gasteiger partial charge on any atom is -0.294 e. The van der Waals surface area contributed by atoms with E-state index in [1.54, 1.807) is 12.2 Å². The second kappa shape index (κ2) is 6.99. The topological polar surface area (TPSA) is 17.1 Å². The van der Waals surface area contributed by atoms with Gasteiger partial charge in [0.2, 0.25) is 0 Å². The molecule has 0 saturated heterocycles. The summed E-state index contributed by atoms with van der Waals surface area (Å²) in [4.78, 5) is 11.4. The Kier molecular flexibility index (Phi) is 6.35. The molecular weight excluding hydrogens is 184 g/mol. The highest BCUT2D eigenvalue weighted by Gasteiger charge is 2.17. The third-order valence-electron chi connectivity index (χ3n) is 1.73. The molecule has 0 bridgehead atoms. The molecule has 0 aromatic heterocycles. The maximum absolute atomic E-state index is 11.4. The van der Waals surface area contributed by atoms with Gasteiger partial charge in [0.1, 0.15) is 0 Å². The zero-order valence-electron chi connectivity index (χ0n) is 10.0. The Morgan fingerprint density at radius 3 is 1.80 bits per heavy atom. The van der Waals surface area contributed by atoms with Crippen LogP contribution < -0.4 is 0 Å². The van der Waals surface area contributed by atoms with Crippen molar-refractivity contribution in [2.24, 2.45) is 5.41 Å². The minimum atomic E-state index is -0.287. The first-order valence-corrected chi connectivity index (χ1v) is 5.15. The van der Waals surface area contributed by atoms with E-state index in [9.17, 15) is 4.79 Å².